The van der Waals surface area contributed by atoms with Gasteiger partial charge in [0.15, 0.2) is 5.96 Å². The van der Waals surface area contributed by atoms with Crippen LogP contribution in [0, 0.1) is 0 Å². The fraction of sp³-hybridized carbons (Fsp3) is 0.467. The Kier molecular flexibility index (Phi) is 7.60. The predicted molar refractivity (Wildman–Crippen MR) is 97.4 cm³/mol. The van der Waals surface area contributed by atoms with Gasteiger partial charge in [-0.2, -0.15) is 0 Å². The maximum absolute atomic E-state index is 11.0. The predicted octanol–water partition coefficient (Wildman–Crippen LogP) is 0.936. The summed E-state index contributed by atoms with van der Waals surface area (Å²) in [6, 6.07) is 7.12. The molecule has 2 rings (SSSR count). The Bertz CT molecular complexity index is 519. The van der Waals surface area contributed by atoms with Gasteiger partial charge in [0.1, 0.15) is 0 Å². The Morgan fingerprint density at radius 2 is 2.14 bits per heavy atom. The number of primary amides is 1. The van der Waals surface area contributed by atoms with Crippen LogP contribution in [0.25, 0.3) is 0 Å². The van der Waals surface area contributed by atoms with E-state index in [1.807, 2.05) is 19.1 Å². The van der Waals surface area contributed by atoms with E-state index in [1.165, 1.54) is 0 Å². The van der Waals surface area contributed by atoms with Gasteiger partial charge < -0.3 is 21.1 Å². The molecule has 1 atom stereocenters. The normalized spacial score (nSPS) is 18.0. The molecule has 0 bridgehead atoms. The van der Waals surface area contributed by atoms with Gasteiger partial charge in [-0.05, 0) is 31.0 Å². The highest BCUT2D eigenvalue weighted by molar-refractivity contribution is 14.0. The summed E-state index contributed by atoms with van der Waals surface area (Å²) < 4.78 is 0. The third-order valence-electron chi connectivity index (χ3n) is 3.45. The number of likely N-dealkylation sites (tertiary alicyclic amines) is 1. The van der Waals surface area contributed by atoms with E-state index in [1.54, 1.807) is 12.1 Å². The second-order valence-electron chi connectivity index (χ2n) is 5.12. The van der Waals surface area contributed by atoms with Crippen molar-refractivity contribution in [2.45, 2.75) is 26.0 Å². The van der Waals surface area contributed by atoms with E-state index in [2.05, 4.69) is 15.2 Å². The number of nitrogens with one attached hydrogen (secondary N) is 1. The van der Waals surface area contributed by atoms with Gasteiger partial charge in [0.05, 0.1) is 12.6 Å². The molecule has 1 aromatic rings. The summed E-state index contributed by atoms with van der Waals surface area (Å²) in [6.07, 6.45) is 0.501. The number of halogens is 1. The molecule has 0 spiro atoms. The lowest BCUT2D eigenvalue weighted by atomic mass is 10.1. The molecule has 7 heteroatoms. The molecule has 122 valence electrons. The SMILES string of the molecule is CCNC(=NCc1ccc(C(N)=O)cc1)N1CC[C@@H](O)C1.I. The lowest BCUT2D eigenvalue weighted by Crippen LogP contribution is -2.40. The van der Waals surface area contributed by atoms with Crippen molar-refractivity contribution in [3.05, 3.63) is 35.4 Å². The van der Waals surface area contributed by atoms with Crippen LogP contribution in [0.15, 0.2) is 29.3 Å². The number of aliphatic hydroxyl groups excluding tert-OH is 1. The minimum atomic E-state index is -0.426. The van der Waals surface area contributed by atoms with Crippen LogP contribution < -0.4 is 11.1 Å². The number of rotatable bonds is 4. The highest BCUT2D eigenvalue weighted by Crippen LogP contribution is 2.10. The third kappa shape index (κ3) is 5.13. The first-order valence-electron chi connectivity index (χ1n) is 7.20. The van der Waals surface area contributed by atoms with Gasteiger partial charge in [-0.15, -0.1) is 24.0 Å². The van der Waals surface area contributed by atoms with E-state index in [-0.39, 0.29) is 30.1 Å². The van der Waals surface area contributed by atoms with E-state index in [4.69, 9.17) is 5.73 Å². The Hall–Kier alpha value is -1.35. The van der Waals surface area contributed by atoms with Crippen molar-refractivity contribution in [3.8, 4) is 0 Å². The molecule has 4 N–H and O–H groups in total. The molecule has 22 heavy (non-hydrogen) atoms. The van der Waals surface area contributed by atoms with E-state index in [0.717, 1.165) is 31.0 Å². The van der Waals surface area contributed by atoms with Gasteiger partial charge in [-0.1, -0.05) is 12.1 Å². The number of β-amino-alcohol motifs (C(OH)–C–C–N with tert-alkyl or cyclic N) is 1. The van der Waals surface area contributed by atoms with Crippen molar-refractivity contribution >= 4 is 35.8 Å². The molecule has 0 radical (unpaired) electrons. The molecule has 1 heterocycles. The van der Waals surface area contributed by atoms with Crippen LogP contribution in [0.2, 0.25) is 0 Å². The number of aliphatic hydroxyl groups is 1. The maximum Gasteiger partial charge on any atom is 0.248 e. The largest absolute Gasteiger partial charge is 0.391 e. The van der Waals surface area contributed by atoms with Crippen molar-refractivity contribution in [3.63, 3.8) is 0 Å². The quantitative estimate of drug-likeness (QED) is 0.386. The lowest BCUT2D eigenvalue weighted by Gasteiger charge is -2.20. The number of amides is 1. The fourth-order valence-corrected chi connectivity index (χ4v) is 2.30. The summed E-state index contributed by atoms with van der Waals surface area (Å²) >= 11 is 0. The standard InChI is InChI=1S/C15H22N4O2.HI/c1-2-17-15(19-8-7-13(20)10-19)18-9-11-3-5-12(6-4-11)14(16)21;/h3-6,13,20H,2,7-10H2,1H3,(H2,16,21)(H,17,18);1H/t13-;/m1./s1. The molecule has 1 aromatic carbocycles. The molecule has 0 aliphatic carbocycles. The number of carbonyl (C=O) groups excluding carboxylic acids is 1. The Labute approximate surface area is 147 Å². The minimum absolute atomic E-state index is 0. The van der Waals surface area contributed by atoms with Crippen LogP contribution >= 0.6 is 24.0 Å². The number of nitrogens with zero attached hydrogens (tertiary/aromatic N) is 2. The number of carbonyl (C=O) groups is 1. The number of aliphatic imine (C=N–C) groups is 1. The molecule has 1 aliphatic rings. The fourth-order valence-electron chi connectivity index (χ4n) is 2.30. The number of hydrogen-bond acceptors (Lipinski definition) is 3. The first kappa shape index (κ1) is 18.7. The van der Waals surface area contributed by atoms with Crippen LogP contribution in [0.4, 0.5) is 0 Å². The topological polar surface area (TPSA) is 90.9 Å². The molecule has 1 fully saturated rings. The zero-order valence-corrected chi connectivity index (χ0v) is 15.0. The monoisotopic (exact) mass is 418 g/mol. The summed E-state index contributed by atoms with van der Waals surface area (Å²) in [5.41, 5.74) is 6.72. The molecule has 1 amide bonds. The van der Waals surface area contributed by atoms with Crippen LogP contribution in [0.3, 0.4) is 0 Å². The van der Waals surface area contributed by atoms with Crippen molar-refractivity contribution in [2.75, 3.05) is 19.6 Å². The molecule has 0 aromatic heterocycles. The van der Waals surface area contributed by atoms with Gasteiger partial charge in [-0.25, -0.2) is 4.99 Å². The van der Waals surface area contributed by atoms with E-state index in [0.29, 0.717) is 18.7 Å². The van der Waals surface area contributed by atoms with Crippen molar-refractivity contribution in [2.24, 2.45) is 10.7 Å². The lowest BCUT2D eigenvalue weighted by molar-refractivity contribution is 0.100. The highest BCUT2D eigenvalue weighted by Gasteiger charge is 2.22. The summed E-state index contributed by atoms with van der Waals surface area (Å²) in [7, 11) is 0. The number of guanidine groups is 1. The first-order chi connectivity index (χ1) is 10.1. The number of benzene rings is 1. The summed E-state index contributed by atoms with van der Waals surface area (Å²) in [5, 5.41) is 12.9. The summed E-state index contributed by atoms with van der Waals surface area (Å²) in [5.74, 6) is 0.387. The third-order valence-corrected chi connectivity index (χ3v) is 3.45. The molecular formula is C15H23IN4O2. The van der Waals surface area contributed by atoms with E-state index >= 15 is 0 Å². The Morgan fingerprint density at radius 3 is 2.64 bits per heavy atom. The molecule has 6 nitrogen and oxygen atoms in total. The number of nitrogens with two attached hydrogens (primary N) is 1. The van der Waals surface area contributed by atoms with E-state index in [9.17, 15) is 9.90 Å². The zero-order chi connectivity index (χ0) is 15.2. The van der Waals surface area contributed by atoms with Gasteiger partial charge in [0, 0.05) is 25.2 Å². The van der Waals surface area contributed by atoms with Crippen LogP contribution in [0.5, 0.6) is 0 Å². The molecule has 1 saturated heterocycles. The van der Waals surface area contributed by atoms with Crippen molar-refractivity contribution < 1.29 is 9.90 Å². The Balaban J connectivity index is 0.00000242. The van der Waals surface area contributed by atoms with Crippen LogP contribution in [-0.2, 0) is 6.54 Å². The van der Waals surface area contributed by atoms with Crippen molar-refractivity contribution in [1.82, 2.24) is 10.2 Å². The van der Waals surface area contributed by atoms with Crippen LogP contribution in [-0.4, -0.2) is 47.6 Å². The first-order valence-corrected chi connectivity index (χ1v) is 7.20. The average molecular weight is 418 g/mol. The second kappa shape index (κ2) is 8.94. The summed E-state index contributed by atoms with van der Waals surface area (Å²) in [6.45, 7) is 4.75. The molecular weight excluding hydrogens is 395 g/mol. The van der Waals surface area contributed by atoms with Crippen LogP contribution in [0.1, 0.15) is 29.3 Å². The van der Waals surface area contributed by atoms with Gasteiger partial charge in [0.2, 0.25) is 5.91 Å². The number of hydrogen-bond donors (Lipinski definition) is 3. The van der Waals surface area contributed by atoms with E-state index < -0.39 is 5.91 Å². The smallest absolute Gasteiger partial charge is 0.248 e. The highest BCUT2D eigenvalue weighted by atomic mass is 127. The Morgan fingerprint density at radius 1 is 1.45 bits per heavy atom. The molecule has 0 saturated carbocycles. The van der Waals surface area contributed by atoms with Gasteiger partial charge >= 0.3 is 0 Å². The molecule has 0 unspecified atom stereocenters. The average Bonchev–Trinajstić information content (AvgIpc) is 2.90. The summed E-state index contributed by atoms with van der Waals surface area (Å²) in [4.78, 5) is 17.7. The van der Waals surface area contributed by atoms with Gasteiger partial charge in [0.25, 0.3) is 0 Å². The molecule has 1 aliphatic heterocycles. The maximum atomic E-state index is 11.0. The van der Waals surface area contributed by atoms with Gasteiger partial charge in [-0.3, -0.25) is 4.79 Å². The second-order valence-corrected chi connectivity index (χ2v) is 5.12. The minimum Gasteiger partial charge on any atom is -0.391 e. The zero-order valence-electron chi connectivity index (χ0n) is 12.7. The van der Waals surface area contributed by atoms with Crippen molar-refractivity contribution in [1.29, 1.82) is 0 Å².